The molecule has 178 valence electrons. The fourth-order valence-corrected chi connectivity index (χ4v) is 3.90. The van der Waals surface area contributed by atoms with E-state index in [1.54, 1.807) is 13.3 Å². The summed E-state index contributed by atoms with van der Waals surface area (Å²) in [4.78, 5) is 15.5. The van der Waals surface area contributed by atoms with Crippen molar-refractivity contribution in [2.24, 2.45) is 0 Å². The van der Waals surface area contributed by atoms with Gasteiger partial charge < -0.3 is 20.9 Å². The van der Waals surface area contributed by atoms with Gasteiger partial charge in [-0.3, -0.25) is 9.88 Å². The number of nitrogen functional groups attached to an aromatic ring is 1. The van der Waals surface area contributed by atoms with Gasteiger partial charge in [0.15, 0.2) is 0 Å². The number of aliphatic hydroxyl groups excluding tert-OH is 1. The van der Waals surface area contributed by atoms with Gasteiger partial charge in [-0.15, -0.1) is 0 Å². The molecular weight excluding hydrogens is 416 g/mol. The first-order valence-corrected chi connectivity index (χ1v) is 11.5. The maximum Gasteiger partial charge on any atom is 0.222 e. The molecule has 0 aliphatic rings. The van der Waals surface area contributed by atoms with Crippen LogP contribution in [0.25, 0.3) is 22.0 Å². The Balaban J connectivity index is 1.96. The number of methoxy groups -OCH3 is 1. The molecule has 2 aromatic heterocycles. The normalized spacial score (nSPS) is 13.4. The SMILES string of the molecule is CCCC[C@](C)(CO)Nc1nc(N)nc2cc(-c3ccncc3CN(C)CCOC)ccc12. The molecule has 8 nitrogen and oxygen atoms in total. The van der Waals surface area contributed by atoms with E-state index in [1.165, 1.54) is 0 Å². The van der Waals surface area contributed by atoms with E-state index >= 15 is 0 Å². The van der Waals surface area contributed by atoms with Crippen molar-refractivity contribution in [3.05, 3.63) is 42.2 Å². The molecule has 2 heterocycles. The molecule has 0 spiro atoms. The molecule has 3 aromatic rings. The van der Waals surface area contributed by atoms with Crippen molar-refractivity contribution in [2.75, 3.05) is 45.0 Å². The Hall–Kier alpha value is -2.81. The first kappa shape index (κ1) is 24.8. The second kappa shape index (κ2) is 11.4. The Morgan fingerprint density at radius 2 is 2.06 bits per heavy atom. The number of fused-ring (bicyclic) bond motifs is 1. The number of nitrogens with one attached hydrogen (secondary N) is 1. The van der Waals surface area contributed by atoms with Crippen molar-refractivity contribution in [1.29, 1.82) is 0 Å². The number of hydrogen-bond acceptors (Lipinski definition) is 8. The molecule has 0 saturated heterocycles. The number of aliphatic hydroxyl groups is 1. The van der Waals surface area contributed by atoms with Crippen LogP contribution in [0.1, 0.15) is 38.7 Å². The number of aromatic nitrogens is 3. The third-order valence-electron chi connectivity index (χ3n) is 5.90. The van der Waals surface area contributed by atoms with Crippen LogP contribution in [0.3, 0.4) is 0 Å². The van der Waals surface area contributed by atoms with E-state index in [4.69, 9.17) is 10.5 Å². The molecule has 33 heavy (non-hydrogen) atoms. The third-order valence-corrected chi connectivity index (χ3v) is 5.90. The van der Waals surface area contributed by atoms with Gasteiger partial charge in [0.25, 0.3) is 0 Å². The summed E-state index contributed by atoms with van der Waals surface area (Å²) in [5.74, 6) is 0.845. The Morgan fingerprint density at radius 1 is 1.24 bits per heavy atom. The van der Waals surface area contributed by atoms with Gasteiger partial charge in [0.1, 0.15) is 5.82 Å². The molecule has 0 amide bonds. The predicted octanol–water partition coefficient (Wildman–Crippen LogP) is 3.71. The van der Waals surface area contributed by atoms with Gasteiger partial charge in [0.05, 0.1) is 24.3 Å². The van der Waals surface area contributed by atoms with Crippen LogP contribution >= 0.6 is 0 Å². The monoisotopic (exact) mass is 452 g/mol. The first-order chi connectivity index (χ1) is 15.9. The second-order valence-corrected chi connectivity index (χ2v) is 8.87. The van der Waals surface area contributed by atoms with E-state index in [0.717, 1.165) is 59.9 Å². The summed E-state index contributed by atoms with van der Waals surface area (Å²) in [5, 5.41) is 14.3. The minimum atomic E-state index is -0.479. The summed E-state index contributed by atoms with van der Waals surface area (Å²) >= 11 is 0. The number of nitrogens with zero attached hydrogens (tertiary/aromatic N) is 4. The molecule has 1 aromatic carbocycles. The largest absolute Gasteiger partial charge is 0.394 e. The highest BCUT2D eigenvalue weighted by Gasteiger charge is 2.24. The summed E-state index contributed by atoms with van der Waals surface area (Å²) < 4.78 is 5.19. The number of ether oxygens (including phenoxy) is 1. The Morgan fingerprint density at radius 3 is 2.79 bits per heavy atom. The van der Waals surface area contributed by atoms with Crippen molar-refractivity contribution in [1.82, 2.24) is 19.9 Å². The molecule has 0 bridgehead atoms. The van der Waals surface area contributed by atoms with Crippen LogP contribution < -0.4 is 11.1 Å². The lowest BCUT2D eigenvalue weighted by Gasteiger charge is -2.30. The number of anilines is 2. The zero-order valence-electron chi connectivity index (χ0n) is 20.1. The van der Waals surface area contributed by atoms with E-state index in [2.05, 4.69) is 45.2 Å². The quantitative estimate of drug-likeness (QED) is 0.382. The average Bonchev–Trinajstić information content (AvgIpc) is 2.81. The van der Waals surface area contributed by atoms with E-state index < -0.39 is 5.54 Å². The first-order valence-electron chi connectivity index (χ1n) is 11.5. The van der Waals surface area contributed by atoms with Gasteiger partial charge in [0.2, 0.25) is 5.95 Å². The minimum absolute atomic E-state index is 0.00739. The fraction of sp³-hybridized carbons (Fsp3) is 0.480. The van der Waals surface area contributed by atoms with Crippen molar-refractivity contribution in [3.63, 3.8) is 0 Å². The highest BCUT2D eigenvalue weighted by molar-refractivity contribution is 5.93. The van der Waals surface area contributed by atoms with Gasteiger partial charge in [-0.2, -0.15) is 4.98 Å². The lowest BCUT2D eigenvalue weighted by atomic mass is 9.95. The van der Waals surface area contributed by atoms with Crippen LogP contribution in [0.5, 0.6) is 0 Å². The van der Waals surface area contributed by atoms with Crippen LogP contribution in [0.2, 0.25) is 0 Å². The molecular formula is C25H36N6O2. The molecule has 3 rings (SSSR count). The van der Waals surface area contributed by atoms with E-state index in [9.17, 15) is 5.11 Å². The van der Waals surface area contributed by atoms with Crippen LogP contribution in [0.4, 0.5) is 11.8 Å². The molecule has 0 fully saturated rings. The number of rotatable bonds is 12. The van der Waals surface area contributed by atoms with Crippen molar-refractivity contribution in [3.8, 4) is 11.1 Å². The van der Waals surface area contributed by atoms with E-state index in [0.29, 0.717) is 12.4 Å². The van der Waals surface area contributed by atoms with E-state index in [1.807, 2.05) is 31.3 Å². The highest BCUT2D eigenvalue weighted by atomic mass is 16.5. The van der Waals surface area contributed by atoms with Gasteiger partial charge in [-0.1, -0.05) is 25.8 Å². The van der Waals surface area contributed by atoms with Crippen molar-refractivity contribution in [2.45, 2.75) is 45.2 Å². The molecule has 1 atom stereocenters. The Kier molecular flexibility index (Phi) is 8.55. The molecule has 4 N–H and O–H groups in total. The number of nitrogens with two attached hydrogens (primary N) is 1. The topological polar surface area (TPSA) is 109 Å². The molecule has 0 radical (unpaired) electrons. The lowest BCUT2D eigenvalue weighted by Crippen LogP contribution is -2.39. The Bertz CT molecular complexity index is 1060. The molecule has 0 unspecified atom stereocenters. The number of pyridine rings is 1. The standard InChI is InChI=1S/C25H36N6O2/c1-5-6-10-25(2,17-32)30-23-21-8-7-18(14-22(21)28-24(26)29-23)20-9-11-27-15-19(20)16-31(3)12-13-33-4/h7-9,11,14-15,32H,5-6,10,12-13,16-17H2,1-4H3,(H3,26,28,29,30)/t25-/m1/s1. The number of hydrogen-bond donors (Lipinski definition) is 3. The van der Waals surface area contributed by atoms with Crippen LogP contribution in [-0.4, -0.2) is 64.4 Å². The third kappa shape index (κ3) is 6.37. The maximum atomic E-state index is 10.0. The van der Waals surface area contributed by atoms with Crippen LogP contribution in [0.15, 0.2) is 36.7 Å². The predicted molar refractivity (Wildman–Crippen MR) is 134 cm³/mol. The Labute approximate surface area is 196 Å². The summed E-state index contributed by atoms with van der Waals surface area (Å²) in [6, 6.07) is 8.15. The zero-order valence-corrected chi connectivity index (χ0v) is 20.1. The van der Waals surface area contributed by atoms with Crippen LogP contribution in [0, 0.1) is 0 Å². The van der Waals surface area contributed by atoms with Gasteiger partial charge in [0, 0.05) is 38.0 Å². The summed E-state index contributed by atoms with van der Waals surface area (Å²) in [6.45, 7) is 6.43. The zero-order chi connectivity index (χ0) is 23.8. The summed E-state index contributed by atoms with van der Waals surface area (Å²) in [5.41, 5.74) is 9.61. The average molecular weight is 453 g/mol. The van der Waals surface area contributed by atoms with E-state index in [-0.39, 0.29) is 12.6 Å². The van der Waals surface area contributed by atoms with Gasteiger partial charge in [-0.25, -0.2) is 4.98 Å². The summed E-state index contributed by atoms with van der Waals surface area (Å²) in [6.07, 6.45) is 6.61. The lowest BCUT2D eigenvalue weighted by molar-refractivity contribution is 0.158. The number of likely N-dealkylation sites (N-methyl/N-ethyl adjacent to an activating group) is 1. The number of unbranched alkanes of at least 4 members (excludes halogenated alkanes) is 1. The molecule has 8 heteroatoms. The fourth-order valence-electron chi connectivity index (χ4n) is 3.90. The van der Waals surface area contributed by atoms with Gasteiger partial charge >= 0.3 is 0 Å². The molecule has 0 aliphatic heterocycles. The highest BCUT2D eigenvalue weighted by Crippen LogP contribution is 2.31. The number of benzene rings is 1. The van der Waals surface area contributed by atoms with Crippen LogP contribution in [-0.2, 0) is 11.3 Å². The molecule has 0 aliphatic carbocycles. The van der Waals surface area contributed by atoms with Gasteiger partial charge in [-0.05, 0) is 55.3 Å². The maximum absolute atomic E-state index is 10.0. The minimum Gasteiger partial charge on any atom is -0.394 e. The summed E-state index contributed by atoms with van der Waals surface area (Å²) in [7, 11) is 3.78. The second-order valence-electron chi connectivity index (χ2n) is 8.87. The smallest absolute Gasteiger partial charge is 0.222 e. The van der Waals surface area contributed by atoms with Crippen molar-refractivity contribution < 1.29 is 9.84 Å². The molecule has 0 saturated carbocycles. The van der Waals surface area contributed by atoms with Crippen molar-refractivity contribution >= 4 is 22.7 Å².